The van der Waals surface area contributed by atoms with E-state index >= 15 is 0 Å². The SMILES string of the molecule is CCCCc1nc2ccc(Br)cc2c(=O)n1N=Cc1ccc(OC(C)C)c(I)c1. The van der Waals surface area contributed by atoms with Crippen molar-refractivity contribution < 1.29 is 4.74 Å². The van der Waals surface area contributed by atoms with Gasteiger partial charge in [-0.15, -0.1) is 0 Å². The van der Waals surface area contributed by atoms with Crippen LogP contribution in [0.25, 0.3) is 10.9 Å². The Bertz CT molecular complexity index is 1110. The lowest BCUT2D eigenvalue weighted by Crippen LogP contribution is -2.22. The predicted molar refractivity (Wildman–Crippen MR) is 130 cm³/mol. The number of halogens is 2. The largest absolute Gasteiger partial charge is 0.490 e. The summed E-state index contributed by atoms with van der Waals surface area (Å²) >= 11 is 5.68. The van der Waals surface area contributed by atoms with Gasteiger partial charge in [-0.3, -0.25) is 4.79 Å². The molecule has 0 fully saturated rings. The van der Waals surface area contributed by atoms with E-state index in [9.17, 15) is 4.79 Å². The Balaban J connectivity index is 2.02. The highest BCUT2D eigenvalue weighted by molar-refractivity contribution is 14.1. The van der Waals surface area contributed by atoms with Crippen molar-refractivity contribution in [3.8, 4) is 5.75 Å². The molecule has 152 valence electrons. The van der Waals surface area contributed by atoms with Crippen molar-refractivity contribution in [3.05, 3.63) is 66.2 Å². The molecule has 3 rings (SSSR count). The van der Waals surface area contributed by atoms with E-state index in [-0.39, 0.29) is 11.7 Å². The lowest BCUT2D eigenvalue weighted by Gasteiger charge is -2.12. The van der Waals surface area contributed by atoms with Crippen molar-refractivity contribution in [2.75, 3.05) is 0 Å². The minimum atomic E-state index is -0.159. The molecule has 0 radical (unpaired) electrons. The second kappa shape index (κ2) is 9.84. The number of benzene rings is 2. The van der Waals surface area contributed by atoms with Gasteiger partial charge in [-0.1, -0.05) is 29.3 Å². The van der Waals surface area contributed by atoms with E-state index in [4.69, 9.17) is 9.72 Å². The van der Waals surface area contributed by atoms with E-state index in [2.05, 4.69) is 50.5 Å². The number of ether oxygens (including phenoxy) is 1. The van der Waals surface area contributed by atoms with Crippen LogP contribution in [0.4, 0.5) is 0 Å². The summed E-state index contributed by atoms with van der Waals surface area (Å²) in [6, 6.07) is 11.4. The van der Waals surface area contributed by atoms with E-state index in [0.717, 1.165) is 32.2 Å². The Kier molecular flexibility index (Phi) is 7.45. The number of fused-ring (bicyclic) bond motifs is 1. The lowest BCUT2D eigenvalue weighted by atomic mass is 10.2. The average Bonchev–Trinajstić information content (AvgIpc) is 2.68. The summed E-state index contributed by atoms with van der Waals surface area (Å²) in [4.78, 5) is 17.8. The van der Waals surface area contributed by atoms with Crippen LogP contribution in [0.15, 0.2) is 50.8 Å². The average molecular weight is 568 g/mol. The first-order valence-corrected chi connectivity index (χ1v) is 11.5. The van der Waals surface area contributed by atoms with Gasteiger partial charge in [0.1, 0.15) is 11.6 Å². The summed E-state index contributed by atoms with van der Waals surface area (Å²) in [6.45, 7) is 6.12. The van der Waals surface area contributed by atoms with Gasteiger partial charge in [0.05, 0.1) is 26.8 Å². The van der Waals surface area contributed by atoms with Gasteiger partial charge < -0.3 is 4.74 Å². The van der Waals surface area contributed by atoms with Gasteiger partial charge in [0, 0.05) is 10.9 Å². The molecule has 2 aromatic carbocycles. The zero-order valence-electron chi connectivity index (χ0n) is 16.7. The predicted octanol–water partition coefficient (Wildman–Crippen LogP) is 5.78. The first-order valence-electron chi connectivity index (χ1n) is 9.60. The molecule has 0 atom stereocenters. The van der Waals surface area contributed by atoms with Crippen LogP contribution in [0.2, 0.25) is 0 Å². The van der Waals surface area contributed by atoms with Crippen LogP contribution >= 0.6 is 38.5 Å². The second-order valence-corrected chi connectivity index (χ2v) is 9.09. The van der Waals surface area contributed by atoms with Crippen molar-refractivity contribution in [2.24, 2.45) is 5.10 Å². The quantitative estimate of drug-likeness (QED) is 0.269. The monoisotopic (exact) mass is 567 g/mol. The van der Waals surface area contributed by atoms with Crippen LogP contribution in [0.1, 0.15) is 45.0 Å². The maximum Gasteiger partial charge on any atom is 0.282 e. The van der Waals surface area contributed by atoms with Crippen LogP contribution in [0.3, 0.4) is 0 Å². The molecule has 0 saturated carbocycles. The van der Waals surface area contributed by atoms with Crippen molar-refractivity contribution in [1.82, 2.24) is 9.66 Å². The number of hydrogen-bond acceptors (Lipinski definition) is 4. The molecule has 3 aromatic rings. The fourth-order valence-corrected chi connectivity index (χ4v) is 3.91. The standard InChI is InChI=1S/C22H23BrIN3O2/c1-4-5-6-21-26-19-9-8-16(23)12-17(19)22(28)27(21)25-13-15-7-10-20(18(24)11-15)29-14(2)3/h7-14H,4-6H2,1-3H3. The summed E-state index contributed by atoms with van der Waals surface area (Å²) in [6.07, 6.45) is 4.49. The number of nitrogens with zero attached hydrogens (tertiary/aromatic N) is 3. The number of unbranched alkanes of at least 4 members (excludes halogenated alkanes) is 1. The molecule has 0 amide bonds. The molecule has 0 spiro atoms. The van der Waals surface area contributed by atoms with Crippen molar-refractivity contribution in [1.29, 1.82) is 0 Å². The highest BCUT2D eigenvalue weighted by atomic mass is 127. The minimum Gasteiger partial charge on any atom is -0.490 e. The molecule has 0 saturated heterocycles. The second-order valence-electron chi connectivity index (χ2n) is 7.01. The summed E-state index contributed by atoms with van der Waals surface area (Å²) in [5, 5.41) is 5.05. The molecule has 5 nitrogen and oxygen atoms in total. The summed E-state index contributed by atoms with van der Waals surface area (Å²) < 4.78 is 9.05. The maximum absolute atomic E-state index is 13.1. The molecule has 0 N–H and O–H groups in total. The van der Waals surface area contributed by atoms with Crippen molar-refractivity contribution >= 4 is 55.6 Å². The fourth-order valence-electron chi connectivity index (χ4n) is 2.88. The topological polar surface area (TPSA) is 56.5 Å². The minimum absolute atomic E-state index is 0.116. The van der Waals surface area contributed by atoms with Crippen LogP contribution in [-0.4, -0.2) is 22.0 Å². The first kappa shape index (κ1) is 22.0. The summed E-state index contributed by atoms with van der Waals surface area (Å²) in [7, 11) is 0. The zero-order valence-corrected chi connectivity index (χ0v) is 20.4. The molecule has 1 aromatic heterocycles. The van der Waals surface area contributed by atoms with Gasteiger partial charge in [0.15, 0.2) is 0 Å². The van der Waals surface area contributed by atoms with E-state index in [1.165, 1.54) is 4.68 Å². The third-order valence-corrected chi connectivity index (χ3v) is 5.61. The highest BCUT2D eigenvalue weighted by Gasteiger charge is 2.11. The molecule has 0 bridgehead atoms. The van der Waals surface area contributed by atoms with E-state index in [1.54, 1.807) is 12.3 Å². The number of aryl methyl sites for hydroxylation is 1. The molecule has 0 unspecified atom stereocenters. The zero-order chi connectivity index (χ0) is 21.0. The Hall–Kier alpha value is -1.74. The van der Waals surface area contributed by atoms with E-state index in [0.29, 0.717) is 23.1 Å². The van der Waals surface area contributed by atoms with E-state index < -0.39 is 0 Å². The van der Waals surface area contributed by atoms with Crippen molar-refractivity contribution in [3.63, 3.8) is 0 Å². The van der Waals surface area contributed by atoms with Gasteiger partial charge in [-0.25, -0.2) is 4.98 Å². The van der Waals surface area contributed by atoms with Gasteiger partial charge in [0.2, 0.25) is 0 Å². The Morgan fingerprint density at radius 1 is 1.28 bits per heavy atom. The van der Waals surface area contributed by atoms with Gasteiger partial charge in [0.25, 0.3) is 5.56 Å². The molecular formula is C22H23BrIN3O2. The highest BCUT2D eigenvalue weighted by Crippen LogP contribution is 2.23. The normalized spacial score (nSPS) is 11.7. The molecule has 0 aliphatic heterocycles. The molecule has 0 aliphatic rings. The fraction of sp³-hybridized carbons (Fsp3) is 0.318. The Labute approximate surface area is 192 Å². The third-order valence-electron chi connectivity index (χ3n) is 4.27. The van der Waals surface area contributed by atoms with Gasteiger partial charge >= 0.3 is 0 Å². The number of aromatic nitrogens is 2. The molecular weight excluding hydrogens is 545 g/mol. The smallest absolute Gasteiger partial charge is 0.282 e. The number of hydrogen-bond donors (Lipinski definition) is 0. The molecule has 1 heterocycles. The number of rotatable bonds is 7. The first-order chi connectivity index (χ1) is 13.9. The lowest BCUT2D eigenvalue weighted by molar-refractivity contribution is 0.240. The van der Waals surface area contributed by atoms with Gasteiger partial charge in [-0.05, 0) is 84.8 Å². The summed E-state index contributed by atoms with van der Waals surface area (Å²) in [5.41, 5.74) is 1.43. The molecule has 0 aliphatic carbocycles. The van der Waals surface area contributed by atoms with Crippen LogP contribution in [-0.2, 0) is 6.42 Å². The molecule has 7 heteroatoms. The van der Waals surface area contributed by atoms with Gasteiger partial charge in [-0.2, -0.15) is 9.78 Å². The van der Waals surface area contributed by atoms with Crippen LogP contribution in [0, 0.1) is 3.57 Å². The summed E-state index contributed by atoms with van der Waals surface area (Å²) in [5.74, 6) is 1.52. The molecule has 29 heavy (non-hydrogen) atoms. The van der Waals surface area contributed by atoms with E-state index in [1.807, 2.05) is 44.2 Å². The van der Waals surface area contributed by atoms with Crippen molar-refractivity contribution in [2.45, 2.75) is 46.1 Å². The third kappa shape index (κ3) is 5.45. The Morgan fingerprint density at radius 3 is 2.76 bits per heavy atom. The van der Waals surface area contributed by atoms with Crippen LogP contribution in [0.5, 0.6) is 5.75 Å². The Morgan fingerprint density at radius 2 is 2.07 bits per heavy atom. The maximum atomic E-state index is 13.1. The van der Waals surface area contributed by atoms with Crippen LogP contribution < -0.4 is 10.3 Å².